The van der Waals surface area contributed by atoms with Gasteiger partial charge in [0.1, 0.15) is 0 Å². The second kappa shape index (κ2) is 6.05. The molecule has 0 radical (unpaired) electrons. The molecule has 0 aromatic carbocycles. The average molecular weight is 131 g/mol. The van der Waals surface area contributed by atoms with Crippen molar-refractivity contribution in [2.45, 2.75) is 38.6 Å². The predicted octanol–water partition coefficient (Wildman–Crippen LogP) is 0.886. The number of nitrogens with two attached hydrogens (primary N) is 1. The minimum atomic E-state index is 0.218. The van der Waals surface area contributed by atoms with Crippen LogP contribution in [0.15, 0.2) is 0 Å². The van der Waals surface area contributed by atoms with E-state index in [0.29, 0.717) is 0 Å². The van der Waals surface area contributed by atoms with Gasteiger partial charge in [-0.1, -0.05) is 19.8 Å². The zero-order valence-electron chi connectivity index (χ0n) is 6.14. The molecule has 0 fully saturated rings. The van der Waals surface area contributed by atoms with Gasteiger partial charge in [-0.05, 0) is 12.8 Å². The van der Waals surface area contributed by atoms with E-state index in [4.69, 9.17) is 10.8 Å². The summed E-state index contributed by atoms with van der Waals surface area (Å²) in [6.07, 6.45) is 4.18. The summed E-state index contributed by atoms with van der Waals surface area (Å²) in [5, 5.41) is 8.46. The van der Waals surface area contributed by atoms with Gasteiger partial charge in [0.15, 0.2) is 0 Å². The van der Waals surface area contributed by atoms with Crippen LogP contribution in [-0.4, -0.2) is 17.8 Å². The Bertz CT molecular complexity index is 56.9. The number of aliphatic hydroxyl groups excluding tert-OH is 1. The Morgan fingerprint density at radius 3 is 2.56 bits per heavy atom. The standard InChI is InChI=1S/C7H17NO/c1-2-3-4-7(8)5-6-9/h7,9H,2-6,8H2,1H3/t7-/m0/s1. The van der Waals surface area contributed by atoms with Crippen molar-refractivity contribution in [3.8, 4) is 0 Å². The Morgan fingerprint density at radius 2 is 2.11 bits per heavy atom. The molecule has 0 rings (SSSR count). The topological polar surface area (TPSA) is 46.2 Å². The molecule has 0 heterocycles. The summed E-state index contributed by atoms with van der Waals surface area (Å²) in [5.41, 5.74) is 5.61. The van der Waals surface area contributed by atoms with E-state index in [1.54, 1.807) is 0 Å². The molecule has 0 saturated heterocycles. The van der Waals surface area contributed by atoms with Crippen molar-refractivity contribution in [2.24, 2.45) is 5.73 Å². The van der Waals surface area contributed by atoms with Crippen LogP contribution in [0, 0.1) is 0 Å². The van der Waals surface area contributed by atoms with Crippen LogP contribution in [0.4, 0.5) is 0 Å². The highest BCUT2D eigenvalue weighted by atomic mass is 16.3. The molecule has 3 N–H and O–H groups in total. The lowest BCUT2D eigenvalue weighted by atomic mass is 10.1. The van der Waals surface area contributed by atoms with Crippen LogP contribution < -0.4 is 5.73 Å². The van der Waals surface area contributed by atoms with E-state index in [0.717, 1.165) is 12.8 Å². The van der Waals surface area contributed by atoms with Gasteiger partial charge in [0.2, 0.25) is 0 Å². The first-order chi connectivity index (χ1) is 4.31. The van der Waals surface area contributed by atoms with Gasteiger partial charge in [0.25, 0.3) is 0 Å². The highest BCUT2D eigenvalue weighted by molar-refractivity contribution is 4.58. The lowest BCUT2D eigenvalue weighted by Gasteiger charge is -2.06. The van der Waals surface area contributed by atoms with Gasteiger partial charge in [-0.25, -0.2) is 0 Å². The lowest BCUT2D eigenvalue weighted by Crippen LogP contribution is -2.20. The van der Waals surface area contributed by atoms with Crippen molar-refractivity contribution >= 4 is 0 Å². The van der Waals surface area contributed by atoms with Gasteiger partial charge >= 0.3 is 0 Å². The SMILES string of the molecule is CCCC[C@H](N)CCO. The van der Waals surface area contributed by atoms with Crippen molar-refractivity contribution in [2.75, 3.05) is 6.61 Å². The van der Waals surface area contributed by atoms with E-state index < -0.39 is 0 Å². The molecule has 0 amide bonds. The molecule has 0 unspecified atom stereocenters. The minimum Gasteiger partial charge on any atom is -0.396 e. The van der Waals surface area contributed by atoms with E-state index in [-0.39, 0.29) is 12.6 Å². The Labute approximate surface area is 57.1 Å². The molecule has 1 atom stereocenters. The quantitative estimate of drug-likeness (QED) is 0.582. The van der Waals surface area contributed by atoms with Crippen LogP contribution in [0.1, 0.15) is 32.6 Å². The molecule has 0 saturated carbocycles. The highest BCUT2D eigenvalue weighted by Crippen LogP contribution is 2.00. The fourth-order valence-electron chi connectivity index (χ4n) is 0.776. The highest BCUT2D eigenvalue weighted by Gasteiger charge is 1.98. The second-order valence-electron chi connectivity index (χ2n) is 2.41. The molecule has 0 aliphatic heterocycles. The fourth-order valence-corrected chi connectivity index (χ4v) is 0.776. The first kappa shape index (κ1) is 8.92. The fraction of sp³-hybridized carbons (Fsp3) is 1.00. The molecule has 56 valence electrons. The van der Waals surface area contributed by atoms with Crippen molar-refractivity contribution in [3.05, 3.63) is 0 Å². The van der Waals surface area contributed by atoms with E-state index >= 15 is 0 Å². The monoisotopic (exact) mass is 131 g/mol. The van der Waals surface area contributed by atoms with Gasteiger partial charge in [0.05, 0.1) is 0 Å². The molecule has 2 nitrogen and oxygen atoms in total. The van der Waals surface area contributed by atoms with Gasteiger partial charge in [0, 0.05) is 12.6 Å². The van der Waals surface area contributed by atoms with Crippen molar-refractivity contribution < 1.29 is 5.11 Å². The first-order valence-electron chi connectivity index (χ1n) is 3.67. The van der Waals surface area contributed by atoms with Gasteiger partial charge in [-0.15, -0.1) is 0 Å². The van der Waals surface area contributed by atoms with Crippen molar-refractivity contribution in [3.63, 3.8) is 0 Å². The van der Waals surface area contributed by atoms with Crippen LogP contribution in [0.3, 0.4) is 0 Å². The van der Waals surface area contributed by atoms with Crippen LogP contribution in [-0.2, 0) is 0 Å². The average Bonchev–Trinajstić information content (AvgIpc) is 1.85. The van der Waals surface area contributed by atoms with Crippen LogP contribution in [0.25, 0.3) is 0 Å². The third-order valence-corrected chi connectivity index (χ3v) is 1.43. The molecular formula is C7H17NO. The number of hydrogen-bond donors (Lipinski definition) is 2. The Hall–Kier alpha value is -0.0800. The minimum absolute atomic E-state index is 0.218. The molecule has 2 heteroatoms. The molecule has 0 aromatic rings. The van der Waals surface area contributed by atoms with Gasteiger partial charge in [-0.2, -0.15) is 0 Å². The van der Waals surface area contributed by atoms with Gasteiger partial charge < -0.3 is 10.8 Å². The lowest BCUT2D eigenvalue weighted by molar-refractivity contribution is 0.272. The number of aliphatic hydroxyl groups is 1. The number of hydrogen-bond acceptors (Lipinski definition) is 2. The normalized spacial score (nSPS) is 13.7. The summed E-state index contributed by atoms with van der Waals surface area (Å²) in [6, 6.07) is 0.218. The maximum atomic E-state index is 8.46. The predicted molar refractivity (Wildman–Crippen MR) is 39.2 cm³/mol. The molecule has 0 aliphatic rings. The summed E-state index contributed by atoms with van der Waals surface area (Å²) in [4.78, 5) is 0. The Morgan fingerprint density at radius 1 is 1.44 bits per heavy atom. The second-order valence-corrected chi connectivity index (χ2v) is 2.41. The zero-order valence-corrected chi connectivity index (χ0v) is 6.14. The smallest absolute Gasteiger partial charge is 0.0445 e. The first-order valence-corrected chi connectivity index (χ1v) is 3.67. The van der Waals surface area contributed by atoms with E-state index in [9.17, 15) is 0 Å². The van der Waals surface area contributed by atoms with E-state index in [1.807, 2.05) is 0 Å². The van der Waals surface area contributed by atoms with Crippen LogP contribution >= 0.6 is 0 Å². The molecule has 0 spiro atoms. The molecule has 0 bridgehead atoms. The molecule has 0 aromatic heterocycles. The van der Waals surface area contributed by atoms with Crippen LogP contribution in [0.2, 0.25) is 0 Å². The summed E-state index contributed by atoms with van der Waals surface area (Å²) in [5.74, 6) is 0. The maximum Gasteiger partial charge on any atom is 0.0445 e. The number of rotatable bonds is 5. The molecule has 0 aliphatic carbocycles. The Kier molecular flexibility index (Phi) is 5.99. The van der Waals surface area contributed by atoms with E-state index in [2.05, 4.69) is 6.92 Å². The Balaban J connectivity index is 2.95. The van der Waals surface area contributed by atoms with Crippen LogP contribution in [0.5, 0.6) is 0 Å². The third-order valence-electron chi connectivity index (χ3n) is 1.43. The van der Waals surface area contributed by atoms with E-state index in [1.165, 1.54) is 12.8 Å². The summed E-state index contributed by atoms with van der Waals surface area (Å²) in [7, 11) is 0. The van der Waals surface area contributed by atoms with Gasteiger partial charge in [-0.3, -0.25) is 0 Å². The van der Waals surface area contributed by atoms with Crippen molar-refractivity contribution in [1.29, 1.82) is 0 Å². The summed E-state index contributed by atoms with van der Waals surface area (Å²) < 4.78 is 0. The van der Waals surface area contributed by atoms with Crippen molar-refractivity contribution in [1.82, 2.24) is 0 Å². The third kappa shape index (κ3) is 5.80. The molecular weight excluding hydrogens is 114 g/mol. The zero-order chi connectivity index (χ0) is 7.11. The molecule has 9 heavy (non-hydrogen) atoms. The number of unbranched alkanes of at least 4 members (excludes halogenated alkanes) is 1. The largest absolute Gasteiger partial charge is 0.396 e. The maximum absolute atomic E-state index is 8.46. The summed E-state index contributed by atoms with van der Waals surface area (Å²) >= 11 is 0. The summed E-state index contributed by atoms with van der Waals surface area (Å²) in [6.45, 7) is 2.37.